The second kappa shape index (κ2) is 8.44. The van der Waals surface area contributed by atoms with Gasteiger partial charge < -0.3 is 14.8 Å². The van der Waals surface area contributed by atoms with E-state index in [4.69, 9.17) is 9.47 Å². The summed E-state index contributed by atoms with van der Waals surface area (Å²) >= 11 is 3.29. The maximum absolute atomic E-state index is 13.1. The molecule has 0 bridgehead atoms. The Bertz CT molecular complexity index is 738. The van der Waals surface area contributed by atoms with Crippen molar-refractivity contribution >= 4 is 33.5 Å². The molecule has 1 amide bonds. The molecule has 0 radical (unpaired) electrons. The molecule has 0 aliphatic heterocycles. The first kappa shape index (κ1) is 17.9. The number of esters is 1. The van der Waals surface area contributed by atoms with Crippen LogP contribution < -0.4 is 10.1 Å². The van der Waals surface area contributed by atoms with Crippen LogP contribution in [0.15, 0.2) is 53.0 Å². The van der Waals surface area contributed by atoms with Gasteiger partial charge in [-0.3, -0.25) is 4.79 Å². The minimum absolute atomic E-state index is 0.285. The zero-order valence-corrected chi connectivity index (χ0v) is 14.4. The molecule has 2 aromatic carbocycles. The normalized spacial score (nSPS) is 11.5. The smallest absolute Gasteiger partial charge is 0.344 e. The first-order valence-corrected chi connectivity index (χ1v) is 7.87. The lowest BCUT2D eigenvalue weighted by Crippen LogP contribution is -2.31. The Balaban J connectivity index is 1.81. The summed E-state index contributed by atoms with van der Waals surface area (Å²) in [4.78, 5) is 23.6. The van der Waals surface area contributed by atoms with Crippen molar-refractivity contribution in [1.82, 2.24) is 0 Å². The summed E-state index contributed by atoms with van der Waals surface area (Å²) in [5.74, 6) is -1.22. The van der Waals surface area contributed by atoms with E-state index in [0.717, 1.165) is 4.47 Å². The molecule has 7 heteroatoms. The van der Waals surface area contributed by atoms with E-state index >= 15 is 0 Å². The number of hydrogen-bond donors (Lipinski definition) is 1. The summed E-state index contributed by atoms with van der Waals surface area (Å²) < 4.78 is 24.1. The maximum atomic E-state index is 13.1. The second-order valence-corrected chi connectivity index (χ2v) is 5.79. The molecule has 2 aromatic rings. The van der Waals surface area contributed by atoms with E-state index < -0.39 is 23.8 Å². The van der Waals surface area contributed by atoms with Gasteiger partial charge in [-0.05, 0) is 43.3 Å². The zero-order valence-electron chi connectivity index (χ0n) is 12.8. The molecule has 0 saturated heterocycles. The minimum Gasteiger partial charge on any atom is -0.482 e. The number of amides is 1. The van der Waals surface area contributed by atoms with Crippen molar-refractivity contribution in [2.75, 3.05) is 11.9 Å². The fraction of sp³-hybridized carbons (Fsp3) is 0.176. The van der Waals surface area contributed by atoms with Gasteiger partial charge in [0.2, 0.25) is 0 Å². The SMILES string of the molecule is CC(OC(=O)COc1cccc(Br)c1)C(=O)Nc1cccc(F)c1. The number of rotatable bonds is 6. The number of anilines is 1. The van der Waals surface area contributed by atoms with Crippen molar-refractivity contribution in [1.29, 1.82) is 0 Å². The van der Waals surface area contributed by atoms with Crippen molar-refractivity contribution < 1.29 is 23.5 Å². The van der Waals surface area contributed by atoms with Gasteiger partial charge >= 0.3 is 5.97 Å². The molecule has 126 valence electrons. The number of ether oxygens (including phenoxy) is 2. The molecule has 1 atom stereocenters. The lowest BCUT2D eigenvalue weighted by Gasteiger charge is -2.14. The standard InChI is InChI=1S/C17H15BrFNO4/c1-11(17(22)20-14-6-3-5-13(19)9-14)24-16(21)10-23-15-7-2-4-12(18)8-15/h2-9,11H,10H2,1H3,(H,20,22). The van der Waals surface area contributed by atoms with Crippen LogP contribution in [0.1, 0.15) is 6.92 Å². The number of nitrogens with one attached hydrogen (secondary N) is 1. The van der Waals surface area contributed by atoms with E-state index in [2.05, 4.69) is 21.2 Å². The molecule has 2 rings (SSSR count). The monoisotopic (exact) mass is 395 g/mol. The van der Waals surface area contributed by atoms with Gasteiger partial charge in [-0.2, -0.15) is 0 Å². The molecule has 0 saturated carbocycles. The Morgan fingerprint density at radius 1 is 1.21 bits per heavy atom. The Kier molecular flexibility index (Phi) is 6.31. The number of hydrogen-bond acceptors (Lipinski definition) is 4. The predicted octanol–water partition coefficient (Wildman–Crippen LogP) is 3.54. The quantitative estimate of drug-likeness (QED) is 0.759. The molecule has 0 aliphatic rings. The van der Waals surface area contributed by atoms with Gasteiger partial charge in [0.05, 0.1) is 0 Å². The van der Waals surface area contributed by atoms with Crippen molar-refractivity contribution in [3.63, 3.8) is 0 Å². The topological polar surface area (TPSA) is 64.6 Å². The lowest BCUT2D eigenvalue weighted by atomic mass is 10.3. The average Bonchev–Trinajstić information content (AvgIpc) is 2.53. The van der Waals surface area contributed by atoms with Crippen molar-refractivity contribution in [2.45, 2.75) is 13.0 Å². The molecule has 0 aliphatic carbocycles. The third kappa shape index (κ3) is 5.66. The second-order valence-electron chi connectivity index (χ2n) is 4.88. The van der Waals surface area contributed by atoms with E-state index in [1.54, 1.807) is 18.2 Å². The molecule has 0 aromatic heterocycles. The minimum atomic E-state index is -1.04. The van der Waals surface area contributed by atoms with E-state index in [1.165, 1.54) is 31.2 Å². The summed E-state index contributed by atoms with van der Waals surface area (Å²) in [7, 11) is 0. The molecule has 0 heterocycles. The number of halogens is 2. The van der Waals surface area contributed by atoms with E-state index in [9.17, 15) is 14.0 Å². The van der Waals surface area contributed by atoms with Crippen molar-refractivity contribution in [3.05, 3.63) is 58.8 Å². The Morgan fingerprint density at radius 2 is 1.96 bits per heavy atom. The third-order valence-corrected chi connectivity index (χ3v) is 3.42. The molecular formula is C17H15BrFNO4. The van der Waals surface area contributed by atoms with Crippen LogP contribution in [-0.4, -0.2) is 24.6 Å². The van der Waals surface area contributed by atoms with Gasteiger partial charge in [-0.15, -0.1) is 0 Å². The highest BCUT2D eigenvalue weighted by atomic mass is 79.9. The zero-order chi connectivity index (χ0) is 17.5. The third-order valence-electron chi connectivity index (χ3n) is 2.92. The summed E-state index contributed by atoms with van der Waals surface area (Å²) in [5, 5.41) is 2.47. The van der Waals surface area contributed by atoms with Crippen LogP contribution in [-0.2, 0) is 14.3 Å². The van der Waals surface area contributed by atoms with Gasteiger partial charge in [-0.1, -0.05) is 28.1 Å². The number of carbonyl (C=O) groups is 2. The van der Waals surface area contributed by atoms with Crippen LogP contribution >= 0.6 is 15.9 Å². The molecule has 1 N–H and O–H groups in total. The first-order chi connectivity index (χ1) is 11.4. The first-order valence-electron chi connectivity index (χ1n) is 7.08. The Morgan fingerprint density at radius 3 is 2.67 bits per heavy atom. The van der Waals surface area contributed by atoms with Crippen LogP contribution in [0.25, 0.3) is 0 Å². The molecule has 1 unspecified atom stereocenters. The molecular weight excluding hydrogens is 381 g/mol. The van der Waals surface area contributed by atoms with E-state index in [1.807, 2.05) is 6.07 Å². The van der Waals surface area contributed by atoms with Crippen LogP contribution in [0, 0.1) is 5.82 Å². The van der Waals surface area contributed by atoms with Gasteiger partial charge in [-0.25, -0.2) is 9.18 Å². The van der Waals surface area contributed by atoms with Gasteiger partial charge in [0.1, 0.15) is 11.6 Å². The van der Waals surface area contributed by atoms with E-state index in [0.29, 0.717) is 5.75 Å². The van der Waals surface area contributed by atoms with Gasteiger partial charge in [0.15, 0.2) is 12.7 Å². The molecule has 0 fully saturated rings. The average molecular weight is 396 g/mol. The molecule has 5 nitrogen and oxygen atoms in total. The van der Waals surface area contributed by atoms with Crippen molar-refractivity contribution in [2.24, 2.45) is 0 Å². The fourth-order valence-corrected chi connectivity index (χ4v) is 2.17. The fourth-order valence-electron chi connectivity index (χ4n) is 1.79. The highest BCUT2D eigenvalue weighted by molar-refractivity contribution is 9.10. The van der Waals surface area contributed by atoms with Crippen LogP contribution in [0.5, 0.6) is 5.75 Å². The molecule has 0 spiro atoms. The summed E-state index contributed by atoms with van der Waals surface area (Å²) in [5.41, 5.74) is 0.285. The Labute approximate surface area is 146 Å². The van der Waals surface area contributed by atoms with E-state index in [-0.39, 0.29) is 12.3 Å². The maximum Gasteiger partial charge on any atom is 0.344 e. The van der Waals surface area contributed by atoms with Gasteiger partial charge in [0, 0.05) is 10.2 Å². The highest BCUT2D eigenvalue weighted by Crippen LogP contribution is 2.17. The largest absolute Gasteiger partial charge is 0.482 e. The van der Waals surface area contributed by atoms with Crippen molar-refractivity contribution in [3.8, 4) is 5.75 Å². The Hall–Kier alpha value is -2.41. The van der Waals surface area contributed by atoms with Crippen LogP contribution in [0.2, 0.25) is 0 Å². The van der Waals surface area contributed by atoms with Crippen LogP contribution in [0.3, 0.4) is 0 Å². The molecule has 24 heavy (non-hydrogen) atoms. The highest BCUT2D eigenvalue weighted by Gasteiger charge is 2.18. The summed E-state index contributed by atoms with van der Waals surface area (Å²) in [6.45, 7) is 1.10. The number of carbonyl (C=O) groups excluding carboxylic acids is 2. The summed E-state index contributed by atoms with van der Waals surface area (Å²) in [6, 6.07) is 12.4. The lowest BCUT2D eigenvalue weighted by molar-refractivity contribution is -0.155. The number of benzene rings is 2. The predicted molar refractivity (Wildman–Crippen MR) is 90.2 cm³/mol. The summed E-state index contributed by atoms with van der Waals surface area (Å²) in [6.07, 6.45) is -1.04. The van der Waals surface area contributed by atoms with Gasteiger partial charge in [0.25, 0.3) is 5.91 Å². The van der Waals surface area contributed by atoms with Crippen LogP contribution in [0.4, 0.5) is 10.1 Å².